The van der Waals surface area contributed by atoms with E-state index in [-0.39, 0.29) is 12.1 Å². The summed E-state index contributed by atoms with van der Waals surface area (Å²) in [6, 6.07) is 1.77. The number of amides is 3. The van der Waals surface area contributed by atoms with Crippen molar-refractivity contribution in [2.24, 2.45) is 11.3 Å². The maximum Gasteiger partial charge on any atom is 0.409 e. The van der Waals surface area contributed by atoms with Crippen molar-refractivity contribution in [1.29, 1.82) is 0 Å². The summed E-state index contributed by atoms with van der Waals surface area (Å²) in [5.41, 5.74) is 0.345. The quantitative estimate of drug-likeness (QED) is 0.762. The molecule has 3 saturated heterocycles. The molecule has 0 bridgehead atoms. The van der Waals surface area contributed by atoms with Gasteiger partial charge in [-0.15, -0.1) is 0 Å². The molecule has 0 aromatic heterocycles. The van der Waals surface area contributed by atoms with Gasteiger partial charge in [-0.2, -0.15) is 0 Å². The zero-order valence-electron chi connectivity index (χ0n) is 18.5. The molecule has 1 atom stereocenters. The van der Waals surface area contributed by atoms with E-state index in [0.29, 0.717) is 36.1 Å². The van der Waals surface area contributed by atoms with Crippen LogP contribution < -0.4 is 5.32 Å². The number of nitrogens with zero attached hydrogens (tertiary/aromatic N) is 3. The van der Waals surface area contributed by atoms with E-state index < -0.39 is 0 Å². The van der Waals surface area contributed by atoms with Gasteiger partial charge in [-0.25, -0.2) is 9.59 Å². The van der Waals surface area contributed by atoms with Crippen molar-refractivity contribution in [1.82, 2.24) is 20.0 Å². The van der Waals surface area contributed by atoms with Crippen LogP contribution in [-0.2, 0) is 4.74 Å². The first kappa shape index (κ1) is 20.4. The Hall–Kier alpha value is -1.50. The third-order valence-corrected chi connectivity index (χ3v) is 8.40. The number of likely N-dealkylation sites (tertiary alicyclic amines) is 3. The Morgan fingerprint density at radius 1 is 1.03 bits per heavy atom. The van der Waals surface area contributed by atoms with Gasteiger partial charge in [0, 0.05) is 37.8 Å². The third kappa shape index (κ3) is 4.02. The molecule has 5 fully saturated rings. The Labute approximate surface area is 180 Å². The third-order valence-electron chi connectivity index (χ3n) is 8.40. The van der Waals surface area contributed by atoms with Gasteiger partial charge < -0.3 is 24.8 Å². The highest BCUT2D eigenvalue weighted by molar-refractivity contribution is 5.75. The van der Waals surface area contributed by atoms with E-state index in [0.717, 1.165) is 45.3 Å². The van der Waals surface area contributed by atoms with Crippen LogP contribution >= 0.6 is 0 Å². The Kier molecular flexibility index (Phi) is 5.58. The van der Waals surface area contributed by atoms with E-state index in [1.165, 1.54) is 45.2 Å². The predicted molar refractivity (Wildman–Crippen MR) is 114 cm³/mol. The number of ether oxygens (including phenoxy) is 1. The average Bonchev–Trinajstić information content (AvgIpc) is 3.22. The topological polar surface area (TPSA) is 65.1 Å². The first-order valence-electron chi connectivity index (χ1n) is 12.3. The largest absolute Gasteiger partial charge is 0.450 e. The van der Waals surface area contributed by atoms with Gasteiger partial charge in [0.2, 0.25) is 0 Å². The van der Waals surface area contributed by atoms with Crippen LogP contribution in [0, 0.1) is 11.3 Å². The normalized spacial score (nSPS) is 35.0. The van der Waals surface area contributed by atoms with Gasteiger partial charge in [-0.05, 0) is 89.1 Å². The number of carbonyl (C=O) groups excluding carboxylic acids is 2. The molecule has 1 unspecified atom stereocenters. The van der Waals surface area contributed by atoms with Crippen molar-refractivity contribution >= 4 is 12.1 Å². The number of hydrogen-bond acceptors (Lipinski definition) is 4. The number of piperidine rings is 1. The number of carbonyl (C=O) groups is 2. The minimum Gasteiger partial charge on any atom is -0.450 e. The molecule has 5 rings (SSSR count). The zero-order valence-corrected chi connectivity index (χ0v) is 18.5. The molecule has 0 radical (unpaired) electrons. The van der Waals surface area contributed by atoms with Crippen molar-refractivity contribution in [2.75, 3.05) is 39.3 Å². The molecule has 168 valence electrons. The van der Waals surface area contributed by atoms with E-state index in [1.54, 1.807) is 0 Å². The van der Waals surface area contributed by atoms with Gasteiger partial charge in [0.1, 0.15) is 0 Å². The minimum atomic E-state index is -0.134. The van der Waals surface area contributed by atoms with E-state index in [2.05, 4.69) is 15.1 Å². The number of nitrogens with one attached hydrogen (secondary N) is 1. The Morgan fingerprint density at radius 3 is 2.50 bits per heavy atom. The van der Waals surface area contributed by atoms with Gasteiger partial charge >= 0.3 is 12.1 Å². The number of hydrogen-bond donors (Lipinski definition) is 1. The molecule has 3 amide bonds. The zero-order chi connectivity index (χ0) is 20.7. The molecule has 2 saturated carbocycles. The molecular weight excluding hydrogens is 380 g/mol. The second kappa shape index (κ2) is 8.21. The monoisotopic (exact) mass is 418 g/mol. The van der Waals surface area contributed by atoms with Gasteiger partial charge in [-0.1, -0.05) is 0 Å². The summed E-state index contributed by atoms with van der Waals surface area (Å²) in [5.74, 6) is 0.661. The van der Waals surface area contributed by atoms with E-state index in [4.69, 9.17) is 4.74 Å². The van der Waals surface area contributed by atoms with Crippen molar-refractivity contribution in [3.8, 4) is 0 Å². The van der Waals surface area contributed by atoms with Gasteiger partial charge in [-0.3, -0.25) is 0 Å². The van der Waals surface area contributed by atoms with E-state index >= 15 is 0 Å². The lowest BCUT2D eigenvalue weighted by Gasteiger charge is -2.52. The summed E-state index contributed by atoms with van der Waals surface area (Å²) in [4.78, 5) is 31.4. The maximum absolute atomic E-state index is 12.6. The smallest absolute Gasteiger partial charge is 0.409 e. The van der Waals surface area contributed by atoms with Gasteiger partial charge in [0.05, 0.1) is 6.61 Å². The predicted octanol–water partition coefficient (Wildman–Crippen LogP) is 3.05. The van der Waals surface area contributed by atoms with E-state index in [1.807, 2.05) is 11.8 Å². The Bertz CT molecular complexity index is 653. The molecule has 0 aromatic rings. The average molecular weight is 419 g/mol. The lowest BCUT2D eigenvalue weighted by atomic mass is 9.64. The molecule has 7 nitrogen and oxygen atoms in total. The fraction of sp³-hybridized carbons (Fsp3) is 0.913. The molecule has 3 heterocycles. The van der Waals surface area contributed by atoms with Crippen molar-refractivity contribution in [2.45, 2.75) is 82.8 Å². The van der Waals surface area contributed by atoms with Gasteiger partial charge in [0.25, 0.3) is 0 Å². The SMILES string of the molecule is CCOC(=O)N1CCC2(CC(N3CCC(C4CCCN4C(=O)NC4CC4)CC3)C2)C1. The highest BCUT2D eigenvalue weighted by Gasteiger charge is 2.51. The second-order valence-corrected chi connectivity index (χ2v) is 10.4. The van der Waals surface area contributed by atoms with Crippen molar-refractivity contribution in [3.63, 3.8) is 0 Å². The molecule has 3 aliphatic heterocycles. The lowest BCUT2D eigenvalue weighted by molar-refractivity contribution is -0.0144. The van der Waals surface area contributed by atoms with Crippen LogP contribution in [0.3, 0.4) is 0 Å². The summed E-state index contributed by atoms with van der Waals surface area (Å²) in [6.07, 6.45) is 10.5. The number of urea groups is 1. The van der Waals surface area contributed by atoms with E-state index in [9.17, 15) is 9.59 Å². The van der Waals surface area contributed by atoms with Crippen molar-refractivity contribution < 1.29 is 14.3 Å². The molecule has 2 aliphatic carbocycles. The lowest BCUT2D eigenvalue weighted by Crippen LogP contribution is -2.55. The standard InChI is InChI=1S/C23H38N4O3/c1-2-30-22(29)26-13-9-23(16-26)14-19(15-23)25-11-7-17(8-12-25)20-4-3-10-27(20)21(28)24-18-5-6-18/h17-20H,2-16H2,1H3,(H,24,28). The van der Waals surface area contributed by atoms with Crippen LogP contribution in [-0.4, -0.2) is 84.3 Å². The summed E-state index contributed by atoms with van der Waals surface area (Å²) in [6.45, 7) is 7.34. The molecular formula is C23H38N4O3. The Morgan fingerprint density at radius 2 is 1.80 bits per heavy atom. The first-order chi connectivity index (χ1) is 14.6. The Balaban J connectivity index is 1.07. The second-order valence-electron chi connectivity index (χ2n) is 10.4. The summed E-state index contributed by atoms with van der Waals surface area (Å²) in [7, 11) is 0. The van der Waals surface area contributed by atoms with Crippen LogP contribution in [0.5, 0.6) is 0 Å². The minimum absolute atomic E-state index is 0.134. The molecule has 30 heavy (non-hydrogen) atoms. The molecule has 7 heteroatoms. The highest BCUT2D eigenvalue weighted by Crippen LogP contribution is 2.51. The van der Waals surface area contributed by atoms with Crippen LogP contribution in [0.1, 0.15) is 64.7 Å². The molecule has 1 N–H and O–H groups in total. The van der Waals surface area contributed by atoms with Crippen LogP contribution in [0.15, 0.2) is 0 Å². The van der Waals surface area contributed by atoms with Crippen molar-refractivity contribution in [3.05, 3.63) is 0 Å². The van der Waals surface area contributed by atoms with Gasteiger partial charge in [0.15, 0.2) is 0 Å². The highest BCUT2D eigenvalue weighted by atomic mass is 16.6. The summed E-state index contributed by atoms with van der Waals surface area (Å²) >= 11 is 0. The number of rotatable bonds is 4. The van der Waals surface area contributed by atoms with Crippen LogP contribution in [0.4, 0.5) is 9.59 Å². The molecule has 0 aromatic carbocycles. The van der Waals surface area contributed by atoms with Crippen LogP contribution in [0.25, 0.3) is 0 Å². The summed E-state index contributed by atoms with van der Waals surface area (Å²) < 4.78 is 5.19. The fourth-order valence-corrected chi connectivity index (χ4v) is 6.53. The molecule has 1 spiro atoms. The maximum atomic E-state index is 12.6. The summed E-state index contributed by atoms with van der Waals surface area (Å²) in [5, 5.41) is 3.20. The first-order valence-corrected chi connectivity index (χ1v) is 12.3. The van der Waals surface area contributed by atoms with Crippen LogP contribution in [0.2, 0.25) is 0 Å². The molecule has 5 aliphatic rings. The fourth-order valence-electron chi connectivity index (χ4n) is 6.53.